The average molecular weight is 236 g/mol. The second-order valence-electron chi connectivity index (χ2n) is 4.57. The van der Waals surface area contributed by atoms with Gasteiger partial charge in [-0.25, -0.2) is 0 Å². The Bertz CT molecular complexity index is 401. The summed E-state index contributed by atoms with van der Waals surface area (Å²) in [6, 6.07) is 0.565. The lowest BCUT2D eigenvalue weighted by molar-refractivity contribution is 0.0603. The van der Waals surface area contributed by atoms with Crippen molar-refractivity contribution < 1.29 is 4.79 Å². The molecule has 0 aromatic carbocycles. The van der Waals surface area contributed by atoms with Gasteiger partial charge in [0.25, 0.3) is 5.91 Å². The van der Waals surface area contributed by atoms with E-state index in [0.29, 0.717) is 11.6 Å². The van der Waals surface area contributed by atoms with Gasteiger partial charge in [-0.2, -0.15) is 5.10 Å². The molecule has 1 N–H and O–H groups in total. The molecule has 17 heavy (non-hydrogen) atoms. The standard InChI is InChI=1S/C12H20N4O/c1-4-15-8-11(7-14-15)12(17)16-6-5-13-9(2)10(16)3/h7-10,13H,4-6H2,1-3H3. The first-order valence-corrected chi connectivity index (χ1v) is 6.20. The second kappa shape index (κ2) is 4.87. The van der Waals surface area contributed by atoms with Gasteiger partial charge in [0.15, 0.2) is 0 Å². The number of aromatic nitrogens is 2. The zero-order valence-electron chi connectivity index (χ0n) is 10.7. The van der Waals surface area contributed by atoms with Crippen LogP contribution in [0.5, 0.6) is 0 Å². The molecular formula is C12H20N4O. The fourth-order valence-corrected chi connectivity index (χ4v) is 2.16. The molecule has 2 unspecified atom stereocenters. The fraction of sp³-hybridized carbons (Fsp3) is 0.667. The van der Waals surface area contributed by atoms with Crippen molar-refractivity contribution in [2.75, 3.05) is 13.1 Å². The molecule has 0 aliphatic carbocycles. The molecule has 5 nitrogen and oxygen atoms in total. The highest BCUT2D eigenvalue weighted by molar-refractivity contribution is 5.94. The summed E-state index contributed by atoms with van der Waals surface area (Å²) >= 11 is 0. The molecule has 94 valence electrons. The van der Waals surface area contributed by atoms with E-state index in [1.165, 1.54) is 0 Å². The van der Waals surface area contributed by atoms with Gasteiger partial charge in [-0.15, -0.1) is 0 Å². The summed E-state index contributed by atoms with van der Waals surface area (Å²) in [5.74, 6) is 0.0885. The number of aryl methyl sites for hydroxylation is 1. The minimum Gasteiger partial charge on any atom is -0.333 e. The van der Waals surface area contributed by atoms with E-state index in [9.17, 15) is 4.79 Å². The molecule has 1 aliphatic rings. The highest BCUT2D eigenvalue weighted by atomic mass is 16.2. The van der Waals surface area contributed by atoms with E-state index in [-0.39, 0.29) is 11.9 Å². The Kier molecular flexibility index (Phi) is 3.47. The second-order valence-corrected chi connectivity index (χ2v) is 4.57. The van der Waals surface area contributed by atoms with Crippen molar-refractivity contribution in [3.05, 3.63) is 18.0 Å². The molecule has 1 fully saturated rings. The van der Waals surface area contributed by atoms with Gasteiger partial charge in [-0.3, -0.25) is 9.48 Å². The largest absolute Gasteiger partial charge is 0.333 e. The first-order valence-electron chi connectivity index (χ1n) is 6.20. The maximum absolute atomic E-state index is 12.3. The Hall–Kier alpha value is -1.36. The molecule has 1 amide bonds. The fourth-order valence-electron chi connectivity index (χ4n) is 2.16. The van der Waals surface area contributed by atoms with Crippen LogP contribution in [0.4, 0.5) is 0 Å². The minimum atomic E-state index is 0.0885. The van der Waals surface area contributed by atoms with E-state index in [1.807, 2.05) is 18.0 Å². The predicted octanol–water partition coefficient (Wildman–Crippen LogP) is 0.725. The zero-order valence-corrected chi connectivity index (χ0v) is 10.7. The van der Waals surface area contributed by atoms with Crippen LogP contribution < -0.4 is 5.32 Å². The maximum atomic E-state index is 12.3. The Labute approximate surface area is 102 Å². The van der Waals surface area contributed by atoms with Crippen LogP contribution in [-0.2, 0) is 6.54 Å². The van der Waals surface area contributed by atoms with Gasteiger partial charge in [0.1, 0.15) is 0 Å². The third kappa shape index (κ3) is 2.34. The third-order valence-electron chi connectivity index (χ3n) is 3.50. The number of piperazine rings is 1. The Morgan fingerprint density at radius 2 is 2.35 bits per heavy atom. The summed E-state index contributed by atoms with van der Waals surface area (Å²) < 4.78 is 1.78. The number of hydrogen-bond donors (Lipinski definition) is 1. The smallest absolute Gasteiger partial charge is 0.257 e. The predicted molar refractivity (Wildman–Crippen MR) is 65.9 cm³/mol. The van der Waals surface area contributed by atoms with Gasteiger partial charge in [0, 0.05) is 37.9 Å². The first-order chi connectivity index (χ1) is 8.13. The van der Waals surface area contributed by atoms with Crippen LogP contribution in [0.3, 0.4) is 0 Å². The van der Waals surface area contributed by atoms with Crippen LogP contribution in [-0.4, -0.2) is 45.8 Å². The van der Waals surface area contributed by atoms with Crippen molar-refractivity contribution in [1.82, 2.24) is 20.0 Å². The Balaban J connectivity index is 2.13. The highest BCUT2D eigenvalue weighted by Crippen LogP contribution is 2.13. The lowest BCUT2D eigenvalue weighted by Gasteiger charge is -2.38. The van der Waals surface area contributed by atoms with Crippen molar-refractivity contribution in [2.45, 2.75) is 39.4 Å². The first kappa shape index (κ1) is 12.1. The van der Waals surface area contributed by atoms with E-state index in [0.717, 1.165) is 19.6 Å². The van der Waals surface area contributed by atoms with Crippen molar-refractivity contribution in [3.63, 3.8) is 0 Å². The van der Waals surface area contributed by atoms with Gasteiger partial charge in [0.05, 0.1) is 11.8 Å². The summed E-state index contributed by atoms with van der Waals surface area (Å²) in [7, 11) is 0. The van der Waals surface area contributed by atoms with Gasteiger partial charge >= 0.3 is 0 Å². The van der Waals surface area contributed by atoms with Crippen LogP contribution in [0.15, 0.2) is 12.4 Å². The molecule has 0 spiro atoms. The third-order valence-corrected chi connectivity index (χ3v) is 3.50. The van der Waals surface area contributed by atoms with E-state index in [2.05, 4.69) is 24.3 Å². The zero-order chi connectivity index (χ0) is 12.4. The highest BCUT2D eigenvalue weighted by Gasteiger charge is 2.29. The lowest BCUT2D eigenvalue weighted by atomic mass is 10.1. The number of rotatable bonds is 2. The average Bonchev–Trinajstić information content (AvgIpc) is 2.80. The van der Waals surface area contributed by atoms with E-state index < -0.39 is 0 Å². The number of carbonyl (C=O) groups excluding carboxylic acids is 1. The van der Waals surface area contributed by atoms with E-state index >= 15 is 0 Å². The summed E-state index contributed by atoms with van der Waals surface area (Å²) in [4.78, 5) is 14.3. The summed E-state index contributed by atoms with van der Waals surface area (Å²) in [6.45, 7) is 8.62. The molecule has 0 bridgehead atoms. The van der Waals surface area contributed by atoms with Gasteiger partial charge in [-0.05, 0) is 20.8 Å². The monoisotopic (exact) mass is 236 g/mol. The maximum Gasteiger partial charge on any atom is 0.257 e. The Morgan fingerprint density at radius 3 is 3.00 bits per heavy atom. The van der Waals surface area contributed by atoms with Crippen molar-refractivity contribution >= 4 is 5.91 Å². The number of carbonyl (C=O) groups is 1. The van der Waals surface area contributed by atoms with Crippen LogP contribution in [0, 0.1) is 0 Å². The molecule has 1 aromatic rings. The molecule has 1 aliphatic heterocycles. The van der Waals surface area contributed by atoms with Crippen LogP contribution in [0.25, 0.3) is 0 Å². The lowest BCUT2D eigenvalue weighted by Crippen LogP contribution is -2.57. The molecule has 2 heterocycles. The SMILES string of the molecule is CCn1cc(C(=O)N2CCNC(C)C2C)cn1. The molecule has 1 saturated heterocycles. The van der Waals surface area contributed by atoms with Crippen molar-refractivity contribution in [3.8, 4) is 0 Å². The topological polar surface area (TPSA) is 50.2 Å². The van der Waals surface area contributed by atoms with Crippen LogP contribution in [0.2, 0.25) is 0 Å². The summed E-state index contributed by atoms with van der Waals surface area (Å²) in [5.41, 5.74) is 0.688. The summed E-state index contributed by atoms with van der Waals surface area (Å²) in [5, 5.41) is 7.52. The van der Waals surface area contributed by atoms with Gasteiger partial charge in [0.2, 0.25) is 0 Å². The molecular weight excluding hydrogens is 216 g/mol. The number of hydrogen-bond acceptors (Lipinski definition) is 3. The van der Waals surface area contributed by atoms with E-state index in [1.54, 1.807) is 10.9 Å². The molecule has 5 heteroatoms. The molecule has 0 radical (unpaired) electrons. The minimum absolute atomic E-state index is 0.0885. The van der Waals surface area contributed by atoms with Crippen molar-refractivity contribution in [1.29, 1.82) is 0 Å². The molecule has 2 atom stereocenters. The quantitative estimate of drug-likeness (QED) is 0.823. The van der Waals surface area contributed by atoms with E-state index in [4.69, 9.17) is 0 Å². The Morgan fingerprint density at radius 1 is 1.59 bits per heavy atom. The molecule has 1 aromatic heterocycles. The van der Waals surface area contributed by atoms with Crippen LogP contribution >= 0.6 is 0 Å². The van der Waals surface area contributed by atoms with Gasteiger partial charge < -0.3 is 10.2 Å². The van der Waals surface area contributed by atoms with Gasteiger partial charge in [-0.1, -0.05) is 0 Å². The van der Waals surface area contributed by atoms with Crippen LogP contribution in [0.1, 0.15) is 31.1 Å². The number of nitrogens with one attached hydrogen (secondary N) is 1. The van der Waals surface area contributed by atoms with Crippen molar-refractivity contribution in [2.24, 2.45) is 0 Å². The normalized spacial score (nSPS) is 25.0. The number of amides is 1. The summed E-state index contributed by atoms with van der Waals surface area (Å²) in [6.07, 6.45) is 3.48. The molecule has 0 saturated carbocycles. The molecule has 2 rings (SSSR count). The number of nitrogens with zero attached hydrogens (tertiary/aromatic N) is 3.